The predicted octanol–water partition coefficient (Wildman–Crippen LogP) is 3.29. The number of ether oxygens (including phenoxy) is 1. The van der Waals surface area contributed by atoms with Crippen LogP contribution in [0.25, 0.3) is 10.6 Å². The lowest BCUT2D eigenvalue weighted by atomic mass is 10.2. The number of thiophene rings is 2. The minimum atomic E-state index is -0.432. The number of carbonyl (C=O) groups excluding carboxylic acids is 1. The summed E-state index contributed by atoms with van der Waals surface area (Å²) in [6.07, 6.45) is 0. The standard InChI is InChI=1S/C14H13N3O2S2/c1-2-19-14(18)12-13(11-6-4-8-21-11)17(16-15-12)9-10-5-3-7-20-10/h3-8H,2,9H2,1H3. The second-order valence-electron chi connectivity index (χ2n) is 4.22. The van der Waals surface area contributed by atoms with Gasteiger partial charge in [-0.1, -0.05) is 17.3 Å². The van der Waals surface area contributed by atoms with Crippen LogP contribution in [-0.4, -0.2) is 27.6 Å². The van der Waals surface area contributed by atoms with Gasteiger partial charge < -0.3 is 4.74 Å². The van der Waals surface area contributed by atoms with E-state index in [0.29, 0.717) is 13.2 Å². The Bertz CT molecular complexity index is 718. The molecule has 0 aliphatic rings. The van der Waals surface area contributed by atoms with Crippen molar-refractivity contribution >= 4 is 28.6 Å². The summed E-state index contributed by atoms with van der Waals surface area (Å²) in [5, 5.41) is 12.1. The summed E-state index contributed by atoms with van der Waals surface area (Å²) in [4.78, 5) is 14.2. The molecule has 3 aromatic heterocycles. The zero-order chi connectivity index (χ0) is 14.7. The van der Waals surface area contributed by atoms with E-state index in [9.17, 15) is 4.79 Å². The first-order chi connectivity index (χ1) is 10.3. The highest BCUT2D eigenvalue weighted by Crippen LogP contribution is 2.28. The zero-order valence-electron chi connectivity index (χ0n) is 11.4. The number of hydrogen-bond acceptors (Lipinski definition) is 6. The largest absolute Gasteiger partial charge is 0.461 e. The van der Waals surface area contributed by atoms with Crippen molar-refractivity contribution in [1.82, 2.24) is 15.0 Å². The molecule has 3 rings (SSSR count). The summed E-state index contributed by atoms with van der Waals surface area (Å²) in [5.74, 6) is -0.432. The highest BCUT2D eigenvalue weighted by atomic mass is 32.1. The van der Waals surface area contributed by atoms with E-state index in [-0.39, 0.29) is 5.69 Å². The van der Waals surface area contributed by atoms with Crippen LogP contribution in [-0.2, 0) is 11.3 Å². The number of aromatic nitrogens is 3. The molecule has 108 valence electrons. The lowest BCUT2D eigenvalue weighted by Gasteiger charge is -2.05. The monoisotopic (exact) mass is 319 g/mol. The Morgan fingerprint density at radius 1 is 1.29 bits per heavy atom. The molecule has 0 fully saturated rings. The predicted molar refractivity (Wildman–Crippen MR) is 82.7 cm³/mol. The summed E-state index contributed by atoms with van der Waals surface area (Å²) in [6, 6.07) is 7.93. The fourth-order valence-electron chi connectivity index (χ4n) is 1.97. The van der Waals surface area contributed by atoms with E-state index < -0.39 is 5.97 Å². The van der Waals surface area contributed by atoms with E-state index in [1.807, 2.05) is 35.0 Å². The van der Waals surface area contributed by atoms with Gasteiger partial charge in [-0.2, -0.15) is 0 Å². The third-order valence-electron chi connectivity index (χ3n) is 2.84. The van der Waals surface area contributed by atoms with Crippen molar-refractivity contribution in [3.8, 4) is 10.6 Å². The molecule has 0 radical (unpaired) electrons. The molecule has 0 saturated carbocycles. The van der Waals surface area contributed by atoms with Crippen molar-refractivity contribution in [2.24, 2.45) is 0 Å². The van der Waals surface area contributed by atoms with E-state index in [2.05, 4.69) is 10.3 Å². The second kappa shape index (κ2) is 6.19. The Kier molecular flexibility index (Phi) is 4.12. The minimum absolute atomic E-state index is 0.274. The Balaban J connectivity index is 2.02. The van der Waals surface area contributed by atoms with Crippen LogP contribution in [0.2, 0.25) is 0 Å². The van der Waals surface area contributed by atoms with Crippen molar-refractivity contribution < 1.29 is 9.53 Å². The van der Waals surface area contributed by atoms with Crippen LogP contribution in [0.3, 0.4) is 0 Å². The molecule has 0 aliphatic carbocycles. The van der Waals surface area contributed by atoms with Gasteiger partial charge in [0.2, 0.25) is 0 Å². The number of nitrogens with zero attached hydrogens (tertiary/aromatic N) is 3. The summed E-state index contributed by atoms with van der Waals surface area (Å²) in [5.41, 5.74) is 0.993. The third-order valence-corrected chi connectivity index (χ3v) is 4.58. The van der Waals surface area contributed by atoms with Gasteiger partial charge in [0.15, 0.2) is 5.69 Å². The zero-order valence-corrected chi connectivity index (χ0v) is 13.0. The SMILES string of the molecule is CCOC(=O)c1nnn(Cc2cccs2)c1-c1cccs1. The molecular weight excluding hydrogens is 306 g/mol. The Labute approximate surface area is 129 Å². The van der Waals surface area contributed by atoms with Gasteiger partial charge >= 0.3 is 5.97 Å². The Morgan fingerprint density at radius 2 is 2.10 bits per heavy atom. The van der Waals surface area contributed by atoms with E-state index in [1.54, 1.807) is 34.3 Å². The first-order valence-corrected chi connectivity index (χ1v) is 8.22. The number of esters is 1. The molecule has 3 heterocycles. The van der Waals surface area contributed by atoms with Gasteiger partial charge in [-0.15, -0.1) is 27.8 Å². The highest BCUT2D eigenvalue weighted by molar-refractivity contribution is 7.13. The topological polar surface area (TPSA) is 57.0 Å². The molecule has 0 amide bonds. The van der Waals surface area contributed by atoms with Crippen LogP contribution in [0, 0.1) is 0 Å². The van der Waals surface area contributed by atoms with Crippen molar-refractivity contribution in [2.45, 2.75) is 13.5 Å². The summed E-state index contributed by atoms with van der Waals surface area (Å²) in [7, 11) is 0. The number of rotatable bonds is 5. The molecule has 0 unspecified atom stereocenters. The minimum Gasteiger partial charge on any atom is -0.461 e. The molecule has 0 N–H and O–H groups in total. The lowest BCUT2D eigenvalue weighted by Crippen LogP contribution is -2.08. The number of hydrogen-bond donors (Lipinski definition) is 0. The summed E-state index contributed by atoms with van der Waals surface area (Å²) in [6.45, 7) is 2.69. The molecule has 0 atom stereocenters. The van der Waals surface area contributed by atoms with Crippen molar-refractivity contribution in [2.75, 3.05) is 6.61 Å². The van der Waals surface area contributed by atoms with Crippen LogP contribution in [0.4, 0.5) is 0 Å². The number of carbonyl (C=O) groups is 1. The summed E-state index contributed by atoms with van der Waals surface area (Å²) >= 11 is 3.20. The van der Waals surface area contributed by atoms with E-state index >= 15 is 0 Å². The van der Waals surface area contributed by atoms with Gasteiger partial charge in [-0.25, -0.2) is 9.48 Å². The fraction of sp³-hybridized carbons (Fsp3) is 0.214. The normalized spacial score (nSPS) is 10.7. The molecule has 21 heavy (non-hydrogen) atoms. The maximum atomic E-state index is 12.0. The van der Waals surface area contributed by atoms with Gasteiger partial charge in [-0.05, 0) is 29.8 Å². The van der Waals surface area contributed by atoms with Crippen LogP contribution in [0.5, 0.6) is 0 Å². The smallest absolute Gasteiger partial charge is 0.361 e. The third kappa shape index (κ3) is 2.88. The molecular formula is C14H13N3O2S2. The molecule has 0 aliphatic heterocycles. The Morgan fingerprint density at radius 3 is 2.76 bits per heavy atom. The van der Waals surface area contributed by atoms with E-state index in [0.717, 1.165) is 15.4 Å². The van der Waals surface area contributed by atoms with Crippen LogP contribution < -0.4 is 0 Å². The molecule has 0 saturated heterocycles. The quantitative estimate of drug-likeness (QED) is 0.677. The van der Waals surface area contributed by atoms with Gasteiger partial charge in [0.25, 0.3) is 0 Å². The van der Waals surface area contributed by atoms with Gasteiger partial charge in [-0.3, -0.25) is 0 Å². The first-order valence-electron chi connectivity index (χ1n) is 6.46. The lowest BCUT2D eigenvalue weighted by molar-refractivity contribution is 0.0520. The van der Waals surface area contributed by atoms with Gasteiger partial charge in [0.1, 0.15) is 5.69 Å². The molecule has 5 nitrogen and oxygen atoms in total. The molecule has 3 aromatic rings. The van der Waals surface area contributed by atoms with Crippen molar-refractivity contribution in [3.05, 3.63) is 45.6 Å². The summed E-state index contributed by atoms with van der Waals surface area (Å²) < 4.78 is 6.82. The van der Waals surface area contributed by atoms with Gasteiger partial charge in [0.05, 0.1) is 18.0 Å². The van der Waals surface area contributed by atoms with Crippen molar-refractivity contribution in [1.29, 1.82) is 0 Å². The van der Waals surface area contributed by atoms with Crippen LogP contribution in [0.1, 0.15) is 22.3 Å². The second-order valence-corrected chi connectivity index (χ2v) is 6.20. The average Bonchev–Trinajstić information content (AvgIpc) is 3.20. The molecule has 7 heteroatoms. The van der Waals surface area contributed by atoms with Crippen molar-refractivity contribution in [3.63, 3.8) is 0 Å². The Hall–Kier alpha value is -1.99. The van der Waals surface area contributed by atoms with Gasteiger partial charge in [0, 0.05) is 4.88 Å². The molecule has 0 aromatic carbocycles. The molecule has 0 bridgehead atoms. The first kappa shape index (κ1) is 14.0. The maximum absolute atomic E-state index is 12.0. The maximum Gasteiger partial charge on any atom is 0.361 e. The van der Waals surface area contributed by atoms with E-state index in [1.165, 1.54) is 0 Å². The van der Waals surface area contributed by atoms with E-state index in [4.69, 9.17) is 4.74 Å². The molecule has 0 spiro atoms. The fourth-order valence-corrected chi connectivity index (χ4v) is 3.43. The highest BCUT2D eigenvalue weighted by Gasteiger charge is 2.23. The average molecular weight is 319 g/mol. The van der Waals surface area contributed by atoms with Crippen LogP contribution >= 0.6 is 22.7 Å². The van der Waals surface area contributed by atoms with Crippen LogP contribution in [0.15, 0.2) is 35.0 Å².